The van der Waals surface area contributed by atoms with E-state index in [4.69, 9.17) is 11.6 Å². The maximum atomic E-state index is 13.1. The zero-order valence-corrected chi connectivity index (χ0v) is 18.3. The standard InChI is InChI=1S/C24H17ClN4O2S/c25-21-8-10-22(11-9-21)32(30,31)23(14-26)13-20-17-29(16-18-5-2-1-3-6-18)28-24(20)19-7-4-12-27-15-19/h1-13,15,17H,16H2. The highest BCUT2D eigenvalue weighted by molar-refractivity contribution is 7.95. The highest BCUT2D eigenvalue weighted by atomic mass is 35.5. The lowest BCUT2D eigenvalue weighted by atomic mass is 10.1. The van der Waals surface area contributed by atoms with Crippen molar-refractivity contribution in [1.29, 1.82) is 5.26 Å². The zero-order valence-electron chi connectivity index (χ0n) is 16.8. The van der Waals surface area contributed by atoms with Crippen molar-refractivity contribution < 1.29 is 8.42 Å². The van der Waals surface area contributed by atoms with E-state index in [0.29, 0.717) is 28.4 Å². The molecule has 2 aromatic heterocycles. The highest BCUT2D eigenvalue weighted by Gasteiger charge is 2.22. The maximum absolute atomic E-state index is 13.1. The smallest absolute Gasteiger partial charge is 0.216 e. The summed E-state index contributed by atoms with van der Waals surface area (Å²) >= 11 is 5.87. The second-order valence-electron chi connectivity index (χ2n) is 6.94. The molecular formula is C24H17ClN4O2S. The van der Waals surface area contributed by atoms with Gasteiger partial charge in [-0.3, -0.25) is 9.67 Å². The van der Waals surface area contributed by atoms with Crippen LogP contribution in [0.5, 0.6) is 0 Å². The van der Waals surface area contributed by atoms with Crippen LogP contribution in [0.3, 0.4) is 0 Å². The molecule has 0 amide bonds. The molecule has 0 aliphatic heterocycles. The summed E-state index contributed by atoms with van der Waals surface area (Å²) in [7, 11) is -4.03. The SMILES string of the molecule is N#CC(=Cc1cn(Cc2ccccc2)nc1-c1cccnc1)S(=O)(=O)c1ccc(Cl)cc1. The lowest BCUT2D eigenvalue weighted by Gasteiger charge is -2.03. The molecule has 0 unspecified atom stereocenters. The van der Waals surface area contributed by atoms with Crippen LogP contribution in [0.1, 0.15) is 11.1 Å². The fourth-order valence-corrected chi connectivity index (χ4v) is 4.45. The Balaban J connectivity index is 1.81. The third-order valence-electron chi connectivity index (χ3n) is 4.72. The second kappa shape index (κ2) is 9.18. The van der Waals surface area contributed by atoms with Crippen LogP contribution < -0.4 is 0 Å². The quantitative estimate of drug-likeness (QED) is 0.378. The molecule has 0 aliphatic rings. The van der Waals surface area contributed by atoms with E-state index in [1.165, 1.54) is 30.3 Å². The molecule has 0 radical (unpaired) electrons. The van der Waals surface area contributed by atoms with Crippen molar-refractivity contribution in [2.24, 2.45) is 0 Å². The molecule has 2 aromatic carbocycles. The van der Waals surface area contributed by atoms with E-state index >= 15 is 0 Å². The van der Waals surface area contributed by atoms with Crippen LogP contribution in [0.15, 0.2) is 95.1 Å². The summed E-state index contributed by atoms with van der Waals surface area (Å²) in [4.78, 5) is 3.74. The van der Waals surface area contributed by atoms with E-state index in [1.54, 1.807) is 29.3 Å². The van der Waals surface area contributed by atoms with Crippen molar-refractivity contribution in [3.05, 3.63) is 106 Å². The summed E-state index contributed by atoms with van der Waals surface area (Å²) in [6.45, 7) is 0.494. The summed E-state index contributed by atoms with van der Waals surface area (Å²) in [5.41, 5.74) is 2.79. The number of aromatic nitrogens is 3. The number of nitrogens with zero attached hydrogens (tertiary/aromatic N) is 4. The molecule has 158 valence electrons. The van der Waals surface area contributed by atoms with Crippen molar-refractivity contribution in [2.75, 3.05) is 0 Å². The van der Waals surface area contributed by atoms with Gasteiger partial charge in [0, 0.05) is 34.7 Å². The lowest BCUT2D eigenvalue weighted by molar-refractivity contribution is 0.603. The number of allylic oxidation sites excluding steroid dienone is 1. The number of nitriles is 1. The van der Waals surface area contributed by atoms with Gasteiger partial charge in [-0.2, -0.15) is 10.4 Å². The van der Waals surface area contributed by atoms with Gasteiger partial charge in [-0.15, -0.1) is 0 Å². The summed E-state index contributed by atoms with van der Waals surface area (Å²) in [5.74, 6) is 0. The zero-order chi connectivity index (χ0) is 22.6. The first-order valence-corrected chi connectivity index (χ1v) is 11.5. The third-order valence-corrected chi connectivity index (χ3v) is 6.66. The van der Waals surface area contributed by atoms with Gasteiger partial charge in [0.1, 0.15) is 16.7 Å². The molecule has 0 fully saturated rings. The predicted octanol–water partition coefficient (Wildman–Crippen LogP) is 4.99. The summed E-state index contributed by atoms with van der Waals surface area (Å²) in [5, 5.41) is 14.7. The van der Waals surface area contributed by atoms with E-state index in [-0.39, 0.29) is 9.80 Å². The summed E-state index contributed by atoms with van der Waals surface area (Å²) in [6, 6.07) is 20.9. The molecular weight excluding hydrogens is 444 g/mol. The van der Waals surface area contributed by atoms with Gasteiger partial charge in [-0.05, 0) is 48.0 Å². The number of sulfone groups is 1. The van der Waals surface area contributed by atoms with Gasteiger partial charge in [0.2, 0.25) is 9.84 Å². The summed E-state index contributed by atoms with van der Waals surface area (Å²) < 4.78 is 27.8. The van der Waals surface area contributed by atoms with Gasteiger partial charge in [0.05, 0.1) is 11.4 Å². The van der Waals surface area contributed by atoms with Gasteiger partial charge in [0.15, 0.2) is 0 Å². The molecule has 0 bridgehead atoms. The first-order valence-electron chi connectivity index (χ1n) is 9.61. The van der Waals surface area contributed by atoms with E-state index in [0.717, 1.165) is 5.56 Å². The Hall–Kier alpha value is -3.73. The van der Waals surface area contributed by atoms with Crippen molar-refractivity contribution in [3.8, 4) is 17.3 Å². The highest BCUT2D eigenvalue weighted by Crippen LogP contribution is 2.27. The molecule has 4 aromatic rings. The first-order chi connectivity index (χ1) is 15.5. The average Bonchev–Trinajstić information content (AvgIpc) is 3.21. The number of halogens is 1. The molecule has 6 nitrogen and oxygen atoms in total. The largest absolute Gasteiger partial charge is 0.267 e. The number of hydrogen-bond acceptors (Lipinski definition) is 5. The van der Waals surface area contributed by atoms with Gasteiger partial charge in [0.25, 0.3) is 0 Å². The second-order valence-corrected chi connectivity index (χ2v) is 9.29. The first kappa shape index (κ1) is 21.5. The topological polar surface area (TPSA) is 88.6 Å². The Morgan fingerprint density at radius 3 is 2.47 bits per heavy atom. The molecule has 8 heteroatoms. The molecule has 0 saturated heterocycles. The van der Waals surface area contributed by atoms with Crippen LogP contribution in [0.25, 0.3) is 17.3 Å². The Morgan fingerprint density at radius 1 is 1.06 bits per heavy atom. The lowest BCUT2D eigenvalue weighted by Crippen LogP contribution is -2.03. The van der Waals surface area contributed by atoms with E-state index in [9.17, 15) is 13.7 Å². The molecule has 0 atom stereocenters. The van der Waals surface area contributed by atoms with Gasteiger partial charge in [-0.25, -0.2) is 8.42 Å². The molecule has 4 rings (SSSR count). The molecule has 0 aliphatic carbocycles. The normalized spacial score (nSPS) is 11.8. The maximum Gasteiger partial charge on any atom is 0.216 e. The average molecular weight is 461 g/mol. The van der Waals surface area contributed by atoms with Crippen molar-refractivity contribution >= 4 is 27.5 Å². The minimum Gasteiger partial charge on any atom is -0.267 e. The molecule has 2 heterocycles. The minimum absolute atomic E-state index is 0.00527. The fraction of sp³-hybridized carbons (Fsp3) is 0.0417. The Kier molecular flexibility index (Phi) is 6.17. The Labute approximate surface area is 191 Å². The van der Waals surface area contributed by atoms with E-state index in [1.807, 2.05) is 42.5 Å². The van der Waals surface area contributed by atoms with Crippen molar-refractivity contribution in [3.63, 3.8) is 0 Å². The van der Waals surface area contributed by atoms with Crippen LogP contribution in [0.2, 0.25) is 5.02 Å². The van der Waals surface area contributed by atoms with Gasteiger partial charge in [-0.1, -0.05) is 41.9 Å². The number of pyridine rings is 1. The minimum atomic E-state index is -4.03. The summed E-state index contributed by atoms with van der Waals surface area (Å²) in [6.07, 6.45) is 6.36. The van der Waals surface area contributed by atoms with E-state index < -0.39 is 9.84 Å². The molecule has 0 N–H and O–H groups in total. The number of rotatable bonds is 6. The van der Waals surface area contributed by atoms with Gasteiger partial charge >= 0.3 is 0 Å². The van der Waals surface area contributed by atoms with Crippen molar-refractivity contribution in [1.82, 2.24) is 14.8 Å². The van der Waals surface area contributed by atoms with Crippen LogP contribution in [-0.4, -0.2) is 23.2 Å². The number of hydrogen-bond donors (Lipinski definition) is 0. The van der Waals surface area contributed by atoms with E-state index in [2.05, 4.69) is 10.1 Å². The van der Waals surface area contributed by atoms with Crippen LogP contribution >= 0.6 is 11.6 Å². The predicted molar refractivity (Wildman–Crippen MR) is 123 cm³/mol. The number of benzene rings is 2. The molecule has 0 spiro atoms. The molecule has 0 saturated carbocycles. The third kappa shape index (κ3) is 4.62. The van der Waals surface area contributed by atoms with Crippen molar-refractivity contribution in [2.45, 2.75) is 11.4 Å². The monoisotopic (exact) mass is 460 g/mol. The van der Waals surface area contributed by atoms with Crippen LogP contribution in [0.4, 0.5) is 0 Å². The Morgan fingerprint density at radius 2 is 1.81 bits per heavy atom. The van der Waals surface area contributed by atoms with Crippen LogP contribution in [0, 0.1) is 11.3 Å². The Bertz CT molecular complexity index is 1410. The van der Waals surface area contributed by atoms with Crippen LogP contribution in [-0.2, 0) is 16.4 Å². The van der Waals surface area contributed by atoms with Gasteiger partial charge < -0.3 is 0 Å². The fourth-order valence-electron chi connectivity index (χ4n) is 3.17. The molecule has 32 heavy (non-hydrogen) atoms.